The molecule has 0 aliphatic rings. The molecule has 5 aromatic rings. The van der Waals surface area contributed by atoms with Crippen molar-refractivity contribution in [1.29, 1.82) is 0 Å². The van der Waals surface area contributed by atoms with Crippen LogP contribution >= 0.6 is 0 Å². The number of carbonyl (C=O) groups excluding carboxylic acids is 4. The highest BCUT2D eigenvalue weighted by atomic mass is 16.5. The molecule has 0 saturated heterocycles. The van der Waals surface area contributed by atoms with Crippen LogP contribution < -0.4 is 10.6 Å². The van der Waals surface area contributed by atoms with Crippen molar-refractivity contribution < 1.29 is 28.7 Å². The summed E-state index contributed by atoms with van der Waals surface area (Å²) >= 11 is 0. The molecule has 0 atom stereocenters. The monoisotopic (exact) mass is 709 g/mol. The van der Waals surface area contributed by atoms with Gasteiger partial charge in [0.15, 0.2) is 0 Å². The van der Waals surface area contributed by atoms with E-state index in [1.807, 2.05) is 62.4 Å². The van der Waals surface area contributed by atoms with E-state index in [0.717, 1.165) is 57.4 Å². The Bertz CT molecular complexity index is 2010. The van der Waals surface area contributed by atoms with Gasteiger partial charge >= 0.3 is 12.2 Å². The molecule has 0 spiro atoms. The highest BCUT2D eigenvalue weighted by Crippen LogP contribution is 2.34. The Morgan fingerprint density at radius 2 is 1.19 bits per heavy atom. The highest BCUT2D eigenvalue weighted by Gasteiger charge is 2.19. The number of rotatable bonds is 15. The second-order valence-corrected chi connectivity index (χ2v) is 11.9. The fraction of sp³-hybridized carbons (Fsp3) is 0.324. The predicted molar refractivity (Wildman–Crippen MR) is 195 cm³/mol. The molecule has 0 saturated carbocycles. The molecule has 5 rings (SSSR count). The number of nitrogens with one attached hydrogen (secondary N) is 4. The number of ether oxygens (including phenoxy) is 2. The number of carbonyl (C=O) groups is 4. The SMILES string of the molecule is CCCN(Cc1ncc(-c2ccc(-c3ccc(-c4cnc(CN(CCC)C(=O)CNC(=O)OC)[nH]4)c4cccnc34)cc2)[nH]1)C(=O)CNC(=O)OC. The van der Waals surface area contributed by atoms with Gasteiger partial charge in [-0.1, -0.05) is 56.3 Å². The minimum Gasteiger partial charge on any atom is -0.453 e. The van der Waals surface area contributed by atoms with Crippen LogP contribution in [-0.4, -0.2) is 99.1 Å². The van der Waals surface area contributed by atoms with Gasteiger partial charge in [0.2, 0.25) is 11.8 Å². The maximum atomic E-state index is 12.8. The van der Waals surface area contributed by atoms with Crippen LogP contribution in [0.3, 0.4) is 0 Å². The Balaban J connectivity index is 1.31. The molecule has 4 amide bonds. The van der Waals surface area contributed by atoms with Gasteiger partial charge in [-0.15, -0.1) is 0 Å². The van der Waals surface area contributed by atoms with E-state index in [0.29, 0.717) is 24.7 Å². The first-order valence-corrected chi connectivity index (χ1v) is 17.0. The minimum absolute atomic E-state index is 0.159. The smallest absolute Gasteiger partial charge is 0.407 e. The molecule has 0 fully saturated rings. The van der Waals surface area contributed by atoms with E-state index < -0.39 is 12.2 Å². The number of hydrogen-bond donors (Lipinski definition) is 4. The van der Waals surface area contributed by atoms with E-state index >= 15 is 0 Å². The van der Waals surface area contributed by atoms with Gasteiger partial charge in [-0.25, -0.2) is 19.6 Å². The first-order chi connectivity index (χ1) is 25.2. The number of aromatic nitrogens is 5. The van der Waals surface area contributed by atoms with Gasteiger partial charge < -0.3 is 39.9 Å². The number of imidazole rings is 2. The van der Waals surface area contributed by atoms with E-state index in [1.165, 1.54) is 14.2 Å². The minimum atomic E-state index is -0.661. The number of fused-ring (bicyclic) bond motifs is 1. The number of nitrogens with zero attached hydrogens (tertiary/aromatic N) is 5. The molecule has 4 N–H and O–H groups in total. The van der Waals surface area contributed by atoms with Crippen molar-refractivity contribution in [1.82, 2.24) is 45.4 Å². The van der Waals surface area contributed by atoms with E-state index in [1.54, 1.807) is 28.4 Å². The summed E-state index contributed by atoms with van der Waals surface area (Å²) in [6.45, 7) is 5.20. The fourth-order valence-corrected chi connectivity index (χ4v) is 5.79. The number of alkyl carbamates (subject to hydrolysis) is 2. The predicted octanol–water partition coefficient (Wildman–Crippen LogP) is 4.87. The van der Waals surface area contributed by atoms with Crippen LogP contribution in [0.4, 0.5) is 9.59 Å². The molecule has 0 unspecified atom stereocenters. The third-order valence-electron chi connectivity index (χ3n) is 8.34. The number of benzene rings is 2. The van der Waals surface area contributed by atoms with Gasteiger partial charge in [-0.2, -0.15) is 0 Å². The quantitative estimate of drug-likeness (QED) is 0.118. The van der Waals surface area contributed by atoms with Crippen LogP contribution in [0.25, 0.3) is 44.5 Å². The fourth-order valence-electron chi connectivity index (χ4n) is 5.79. The van der Waals surface area contributed by atoms with Crippen LogP contribution in [-0.2, 0) is 32.2 Å². The average Bonchev–Trinajstić information content (AvgIpc) is 3.85. The van der Waals surface area contributed by atoms with E-state index in [-0.39, 0.29) is 38.0 Å². The number of methoxy groups -OCH3 is 2. The van der Waals surface area contributed by atoms with Crippen LogP contribution in [0.1, 0.15) is 38.3 Å². The van der Waals surface area contributed by atoms with Crippen LogP contribution in [0.2, 0.25) is 0 Å². The molecule has 15 heteroatoms. The number of hydrogen-bond acceptors (Lipinski definition) is 9. The Morgan fingerprint density at radius 3 is 1.75 bits per heavy atom. The summed E-state index contributed by atoms with van der Waals surface area (Å²) in [6, 6.07) is 16.1. The number of amides is 4. The molecule has 0 radical (unpaired) electrons. The van der Waals surface area contributed by atoms with Crippen molar-refractivity contribution in [2.45, 2.75) is 39.8 Å². The topological polar surface area (TPSA) is 188 Å². The first kappa shape index (κ1) is 37.0. The van der Waals surface area contributed by atoms with Crippen LogP contribution in [0.5, 0.6) is 0 Å². The van der Waals surface area contributed by atoms with Crippen molar-refractivity contribution in [2.24, 2.45) is 0 Å². The van der Waals surface area contributed by atoms with Crippen LogP contribution in [0, 0.1) is 0 Å². The van der Waals surface area contributed by atoms with Crippen molar-refractivity contribution in [2.75, 3.05) is 40.4 Å². The van der Waals surface area contributed by atoms with Crippen molar-refractivity contribution in [3.05, 3.63) is 78.8 Å². The highest BCUT2D eigenvalue weighted by molar-refractivity contribution is 6.02. The molecule has 0 bridgehead atoms. The van der Waals surface area contributed by atoms with Gasteiger partial charge in [0.25, 0.3) is 0 Å². The summed E-state index contributed by atoms with van der Waals surface area (Å²) in [6.07, 6.45) is 5.45. The zero-order valence-corrected chi connectivity index (χ0v) is 29.7. The summed E-state index contributed by atoms with van der Waals surface area (Å²) in [7, 11) is 2.50. The molecule has 3 aromatic heterocycles. The number of aromatic amines is 2. The number of H-pyrrole nitrogens is 2. The molecule has 3 heterocycles. The standard InChI is InChI=1S/C37H43N9O6/c1-5-16-45(33(47)20-41-36(49)51-3)22-31-39-18-29(43-31)25-11-9-24(10-12-25)26-13-14-27(28-8-7-15-38-35(26)28)30-19-40-32(44-30)23-46(17-6-2)34(48)21-42-37(50)52-4/h7-15,18-19H,5-6,16-17,20-23H2,1-4H3,(H,39,43)(H,40,44)(H,41,49)(H,42,50). The second-order valence-electron chi connectivity index (χ2n) is 11.9. The lowest BCUT2D eigenvalue weighted by atomic mass is 9.96. The molecule has 2 aromatic carbocycles. The summed E-state index contributed by atoms with van der Waals surface area (Å²) in [5.74, 6) is 0.784. The van der Waals surface area contributed by atoms with Crippen LogP contribution in [0.15, 0.2) is 67.1 Å². The van der Waals surface area contributed by atoms with Gasteiger partial charge in [0.1, 0.15) is 24.7 Å². The molecule has 0 aliphatic carbocycles. The number of pyridine rings is 1. The zero-order valence-electron chi connectivity index (χ0n) is 29.7. The lowest BCUT2D eigenvalue weighted by molar-refractivity contribution is -0.131. The lowest BCUT2D eigenvalue weighted by Gasteiger charge is -2.21. The molecule has 52 heavy (non-hydrogen) atoms. The van der Waals surface area contributed by atoms with E-state index in [9.17, 15) is 19.2 Å². The molecular formula is C37H43N9O6. The Labute approximate surface area is 301 Å². The molecule has 272 valence electrons. The maximum absolute atomic E-state index is 12.8. The maximum Gasteiger partial charge on any atom is 0.407 e. The normalized spacial score (nSPS) is 10.8. The first-order valence-electron chi connectivity index (χ1n) is 17.0. The van der Waals surface area contributed by atoms with Gasteiger partial charge in [-0.3, -0.25) is 14.6 Å². The molecule has 15 nitrogen and oxygen atoms in total. The van der Waals surface area contributed by atoms with E-state index in [4.69, 9.17) is 4.98 Å². The van der Waals surface area contributed by atoms with Crippen molar-refractivity contribution >= 4 is 34.9 Å². The summed E-state index contributed by atoms with van der Waals surface area (Å²) in [5, 5.41) is 5.81. The van der Waals surface area contributed by atoms with Gasteiger partial charge in [-0.05, 0) is 30.0 Å². The summed E-state index contributed by atoms with van der Waals surface area (Å²) < 4.78 is 9.14. The van der Waals surface area contributed by atoms with Crippen molar-refractivity contribution in [3.8, 4) is 33.6 Å². The summed E-state index contributed by atoms with van der Waals surface area (Å²) in [5.41, 5.74) is 6.22. The Morgan fingerprint density at radius 1 is 0.673 bits per heavy atom. The largest absolute Gasteiger partial charge is 0.453 e. The van der Waals surface area contributed by atoms with E-state index in [2.05, 4.69) is 40.0 Å². The Kier molecular flexibility index (Phi) is 12.5. The zero-order chi connectivity index (χ0) is 37.0. The van der Waals surface area contributed by atoms with Crippen molar-refractivity contribution in [3.63, 3.8) is 0 Å². The average molecular weight is 710 g/mol. The third kappa shape index (κ3) is 9.10. The van der Waals surface area contributed by atoms with Gasteiger partial charge in [0.05, 0.1) is 56.6 Å². The third-order valence-corrected chi connectivity index (χ3v) is 8.34. The second kappa shape index (κ2) is 17.6. The Hall–Kier alpha value is -6.25. The molecular weight excluding hydrogens is 666 g/mol. The molecule has 0 aliphatic heterocycles. The summed E-state index contributed by atoms with van der Waals surface area (Å²) in [4.78, 5) is 72.2. The van der Waals surface area contributed by atoms with Gasteiger partial charge in [0, 0.05) is 35.8 Å². The lowest BCUT2D eigenvalue weighted by Crippen LogP contribution is -2.40.